The van der Waals surface area contributed by atoms with Crippen LogP contribution in [-0.4, -0.2) is 24.9 Å². The minimum atomic E-state index is -0.135. The number of carbonyl (C=O) groups excluding carboxylic acids is 2. The third-order valence-electron chi connectivity index (χ3n) is 4.40. The van der Waals surface area contributed by atoms with Crippen LogP contribution < -0.4 is 14.8 Å². The molecular formula is C21H23NO4. The van der Waals surface area contributed by atoms with Crippen LogP contribution in [0, 0.1) is 6.92 Å². The number of amides is 1. The minimum absolute atomic E-state index is 0.0832. The monoisotopic (exact) mass is 353 g/mol. The molecule has 1 heterocycles. The molecule has 0 spiro atoms. The molecule has 0 bridgehead atoms. The number of nitrogens with one attached hydrogen (secondary N) is 1. The molecule has 3 rings (SSSR count). The van der Waals surface area contributed by atoms with Crippen LogP contribution >= 0.6 is 0 Å². The second-order valence-electron chi connectivity index (χ2n) is 6.48. The van der Waals surface area contributed by atoms with Gasteiger partial charge in [0.25, 0.3) is 0 Å². The number of ketones is 1. The van der Waals surface area contributed by atoms with Gasteiger partial charge >= 0.3 is 0 Å². The first kappa shape index (κ1) is 18.0. The maximum atomic E-state index is 12.4. The lowest BCUT2D eigenvalue weighted by Gasteiger charge is -2.18. The molecule has 0 saturated heterocycles. The molecule has 5 nitrogen and oxygen atoms in total. The molecule has 0 saturated carbocycles. The molecule has 5 heteroatoms. The average Bonchev–Trinajstić information content (AvgIpc) is 2.66. The van der Waals surface area contributed by atoms with Gasteiger partial charge in [-0.2, -0.15) is 0 Å². The molecule has 0 aliphatic carbocycles. The van der Waals surface area contributed by atoms with Crippen LogP contribution in [0.1, 0.15) is 47.3 Å². The van der Waals surface area contributed by atoms with Gasteiger partial charge < -0.3 is 14.8 Å². The maximum Gasteiger partial charge on any atom is 0.220 e. The largest absolute Gasteiger partial charge is 0.486 e. The van der Waals surface area contributed by atoms with Crippen molar-refractivity contribution in [2.75, 3.05) is 13.2 Å². The maximum absolute atomic E-state index is 12.4. The highest BCUT2D eigenvalue weighted by atomic mass is 16.6. The lowest BCUT2D eigenvalue weighted by atomic mass is 10.0. The van der Waals surface area contributed by atoms with Gasteiger partial charge in [0.1, 0.15) is 13.2 Å². The Balaban J connectivity index is 1.52. The standard InChI is InChI=1S/C21H23NO4/c1-14-3-5-16(6-4-14)15(2)22-21(24)10-8-18(23)17-7-9-19-20(13-17)26-12-11-25-19/h3-7,9,13,15H,8,10-12H2,1-2H3,(H,22,24). The number of ether oxygens (including phenoxy) is 2. The summed E-state index contributed by atoms with van der Waals surface area (Å²) in [4.78, 5) is 24.5. The molecule has 2 aromatic carbocycles. The van der Waals surface area contributed by atoms with Gasteiger partial charge in [-0.15, -0.1) is 0 Å². The van der Waals surface area contributed by atoms with E-state index in [4.69, 9.17) is 9.47 Å². The molecule has 1 atom stereocenters. The second kappa shape index (κ2) is 8.04. The van der Waals surface area contributed by atoms with Crippen LogP contribution in [0.5, 0.6) is 11.5 Å². The minimum Gasteiger partial charge on any atom is -0.486 e. The molecule has 1 N–H and O–H groups in total. The SMILES string of the molecule is Cc1ccc(C(C)NC(=O)CCC(=O)c2ccc3c(c2)OCCO3)cc1. The van der Waals surface area contributed by atoms with E-state index in [1.54, 1.807) is 18.2 Å². The molecule has 1 aliphatic rings. The van der Waals surface area contributed by atoms with E-state index in [9.17, 15) is 9.59 Å². The summed E-state index contributed by atoms with van der Waals surface area (Å²) in [5.74, 6) is 1.01. The van der Waals surface area contributed by atoms with Crippen molar-refractivity contribution < 1.29 is 19.1 Å². The molecule has 1 unspecified atom stereocenters. The topological polar surface area (TPSA) is 64.6 Å². The Morgan fingerprint density at radius 3 is 2.42 bits per heavy atom. The quantitative estimate of drug-likeness (QED) is 0.806. The lowest BCUT2D eigenvalue weighted by Crippen LogP contribution is -2.27. The summed E-state index contributed by atoms with van der Waals surface area (Å²) in [5, 5.41) is 2.94. The fraction of sp³-hybridized carbons (Fsp3) is 0.333. The van der Waals surface area contributed by atoms with Crippen molar-refractivity contribution in [2.45, 2.75) is 32.7 Å². The van der Waals surface area contributed by atoms with Crippen molar-refractivity contribution in [1.29, 1.82) is 0 Å². The summed E-state index contributed by atoms with van der Waals surface area (Å²) in [6.45, 7) is 4.95. The number of fused-ring (bicyclic) bond motifs is 1. The highest BCUT2D eigenvalue weighted by Crippen LogP contribution is 2.31. The third-order valence-corrected chi connectivity index (χ3v) is 4.40. The van der Waals surface area contributed by atoms with E-state index in [-0.39, 0.29) is 30.6 Å². The van der Waals surface area contributed by atoms with E-state index in [0.717, 1.165) is 5.56 Å². The van der Waals surface area contributed by atoms with Gasteiger partial charge in [-0.25, -0.2) is 0 Å². The van der Waals surface area contributed by atoms with Crippen molar-refractivity contribution in [1.82, 2.24) is 5.32 Å². The average molecular weight is 353 g/mol. The number of carbonyl (C=O) groups is 2. The highest BCUT2D eigenvalue weighted by Gasteiger charge is 2.16. The molecular weight excluding hydrogens is 330 g/mol. The first-order valence-electron chi connectivity index (χ1n) is 8.82. The van der Waals surface area contributed by atoms with Crippen molar-refractivity contribution in [3.8, 4) is 11.5 Å². The normalized spacial score (nSPS) is 13.8. The van der Waals surface area contributed by atoms with Crippen LogP contribution in [0.25, 0.3) is 0 Å². The Labute approximate surface area is 153 Å². The van der Waals surface area contributed by atoms with E-state index in [0.29, 0.717) is 30.3 Å². The number of Topliss-reactive ketones (excluding diaryl/α,β-unsaturated/α-hetero) is 1. The van der Waals surface area contributed by atoms with Crippen molar-refractivity contribution >= 4 is 11.7 Å². The van der Waals surface area contributed by atoms with Crippen LogP contribution in [0.3, 0.4) is 0 Å². The number of hydrogen-bond donors (Lipinski definition) is 1. The zero-order chi connectivity index (χ0) is 18.5. The Morgan fingerprint density at radius 2 is 1.69 bits per heavy atom. The molecule has 0 aromatic heterocycles. The second-order valence-corrected chi connectivity index (χ2v) is 6.48. The van der Waals surface area contributed by atoms with E-state index >= 15 is 0 Å². The van der Waals surface area contributed by atoms with Crippen molar-refractivity contribution in [2.24, 2.45) is 0 Å². The Bertz CT molecular complexity index is 798. The summed E-state index contributed by atoms with van der Waals surface area (Å²) < 4.78 is 10.9. The van der Waals surface area contributed by atoms with Gasteiger partial charge in [0.15, 0.2) is 17.3 Å². The number of aryl methyl sites for hydroxylation is 1. The summed E-state index contributed by atoms with van der Waals surface area (Å²) in [6.07, 6.45) is 0.315. The van der Waals surface area contributed by atoms with Gasteiger partial charge in [-0.3, -0.25) is 9.59 Å². The van der Waals surface area contributed by atoms with Crippen molar-refractivity contribution in [3.05, 3.63) is 59.2 Å². The number of benzene rings is 2. The molecule has 136 valence electrons. The van der Waals surface area contributed by atoms with Gasteiger partial charge in [-0.05, 0) is 37.6 Å². The number of hydrogen-bond acceptors (Lipinski definition) is 4. The Kier molecular flexibility index (Phi) is 5.56. The van der Waals surface area contributed by atoms with Gasteiger partial charge in [0.2, 0.25) is 5.91 Å². The van der Waals surface area contributed by atoms with Gasteiger partial charge in [-0.1, -0.05) is 29.8 Å². The van der Waals surface area contributed by atoms with Crippen LogP contribution in [0.2, 0.25) is 0 Å². The van der Waals surface area contributed by atoms with Crippen LogP contribution in [-0.2, 0) is 4.79 Å². The smallest absolute Gasteiger partial charge is 0.220 e. The van der Waals surface area contributed by atoms with E-state index in [1.807, 2.05) is 38.1 Å². The Morgan fingerprint density at radius 1 is 1.00 bits per heavy atom. The van der Waals surface area contributed by atoms with Crippen LogP contribution in [0.4, 0.5) is 0 Å². The third kappa shape index (κ3) is 4.42. The molecule has 26 heavy (non-hydrogen) atoms. The summed E-state index contributed by atoms with van der Waals surface area (Å²) >= 11 is 0. The fourth-order valence-electron chi connectivity index (χ4n) is 2.84. The summed E-state index contributed by atoms with van der Waals surface area (Å²) in [6, 6.07) is 13.1. The molecule has 0 fully saturated rings. The predicted octanol–water partition coefficient (Wildman–Crippen LogP) is 3.61. The molecule has 2 aromatic rings. The van der Waals surface area contributed by atoms with Crippen LogP contribution in [0.15, 0.2) is 42.5 Å². The lowest BCUT2D eigenvalue weighted by molar-refractivity contribution is -0.121. The van der Waals surface area contributed by atoms with Crippen molar-refractivity contribution in [3.63, 3.8) is 0 Å². The van der Waals surface area contributed by atoms with Gasteiger partial charge in [0.05, 0.1) is 6.04 Å². The summed E-state index contributed by atoms with van der Waals surface area (Å²) in [5.41, 5.74) is 2.76. The molecule has 1 aliphatic heterocycles. The summed E-state index contributed by atoms with van der Waals surface area (Å²) in [7, 11) is 0. The fourth-order valence-corrected chi connectivity index (χ4v) is 2.84. The number of rotatable bonds is 6. The first-order chi connectivity index (χ1) is 12.5. The molecule has 1 amide bonds. The predicted molar refractivity (Wildman–Crippen MR) is 98.7 cm³/mol. The zero-order valence-electron chi connectivity index (χ0n) is 15.1. The molecule has 0 radical (unpaired) electrons. The van der Waals surface area contributed by atoms with Gasteiger partial charge in [0, 0.05) is 18.4 Å². The van der Waals surface area contributed by atoms with E-state index in [1.165, 1.54) is 5.56 Å². The highest BCUT2D eigenvalue weighted by molar-refractivity contribution is 5.98. The zero-order valence-corrected chi connectivity index (χ0v) is 15.1. The van der Waals surface area contributed by atoms with E-state index in [2.05, 4.69) is 5.32 Å². The first-order valence-corrected chi connectivity index (χ1v) is 8.82. The van der Waals surface area contributed by atoms with E-state index < -0.39 is 0 Å². The Hall–Kier alpha value is -2.82.